The van der Waals surface area contributed by atoms with Crippen LogP contribution in [0.5, 0.6) is 0 Å². The van der Waals surface area contributed by atoms with E-state index in [-0.39, 0.29) is 0 Å². The fraction of sp³-hybridized carbons (Fsp3) is 0.138. The molecule has 5 aromatic rings. The van der Waals surface area contributed by atoms with Crippen LogP contribution >= 0.6 is 15.9 Å². The molecule has 0 amide bonds. The van der Waals surface area contributed by atoms with E-state index in [0.29, 0.717) is 0 Å². The second-order valence-corrected chi connectivity index (χ2v) is 9.09. The van der Waals surface area contributed by atoms with Crippen LogP contribution < -0.4 is 15.2 Å². The van der Waals surface area contributed by atoms with Gasteiger partial charge in [0.25, 0.3) is 0 Å². The fourth-order valence-electron chi connectivity index (χ4n) is 5.23. The van der Waals surface area contributed by atoms with Crippen molar-refractivity contribution in [2.75, 3.05) is 6.54 Å². The first-order valence-electron chi connectivity index (χ1n) is 11.3. The lowest BCUT2D eigenvalue weighted by Gasteiger charge is -2.05. The number of halogens is 1. The van der Waals surface area contributed by atoms with Gasteiger partial charge in [0.05, 0.1) is 11.1 Å². The molecule has 0 atom stereocenters. The Bertz CT molecular complexity index is 1660. The van der Waals surface area contributed by atoms with Gasteiger partial charge in [-0.15, -0.1) is 0 Å². The summed E-state index contributed by atoms with van der Waals surface area (Å²) in [6, 6.07) is 31.0. The molecule has 156 valence electrons. The summed E-state index contributed by atoms with van der Waals surface area (Å²) in [7, 11) is 0. The number of benzene rings is 4. The van der Waals surface area contributed by atoms with Crippen molar-refractivity contribution in [3.63, 3.8) is 0 Å². The van der Waals surface area contributed by atoms with Gasteiger partial charge < -0.3 is 4.57 Å². The van der Waals surface area contributed by atoms with Crippen molar-refractivity contribution >= 4 is 47.9 Å². The number of hydrogen-bond donors (Lipinski definition) is 0. The van der Waals surface area contributed by atoms with E-state index in [4.69, 9.17) is 0 Å². The van der Waals surface area contributed by atoms with Gasteiger partial charge >= 0.3 is 0 Å². The first kappa shape index (κ1) is 19.5. The molecule has 0 bridgehead atoms. The van der Waals surface area contributed by atoms with Crippen LogP contribution in [0.1, 0.15) is 19.4 Å². The average molecular weight is 480 g/mol. The summed E-state index contributed by atoms with van der Waals surface area (Å²) < 4.78 is 5.92. The minimum absolute atomic E-state index is 0.965. The Balaban J connectivity index is 1.59. The standard InChI is InChI=1S/C29H24BrN2/c1-3-31-25-11-7-5-9-21(25)23-17-19(13-15-27(23)31)29(30)20-14-16-28-24(18-20)22-10-6-8-12-26(22)32(28)4-2/h5-18H,3-4H2,1-2H3/q+1. The third-order valence-corrected chi connectivity index (χ3v) is 7.60. The van der Waals surface area contributed by atoms with Gasteiger partial charge in [0, 0.05) is 45.0 Å². The van der Waals surface area contributed by atoms with E-state index in [1.54, 1.807) is 0 Å². The molecule has 0 saturated carbocycles. The molecule has 0 fully saturated rings. The number of para-hydroxylation sites is 2. The van der Waals surface area contributed by atoms with E-state index in [0.717, 1.165) is 17.6 Å². The van der Waals surface area contributed by atoms with Crippen molar-refractivity contribution in [1.29, 1.82) is 0 Å². The van der Waals surface area contributed by atoms with E-state index in [1.165, 1.54) is 54.8 Å². The summed E-state index contributed by atoms with van der Waals surface area (Å²) in [5, 5.41) is 5.11. The molecule has 3 heteroatoms. The lowest BCUT2D eigenvalue weighted by Crippen LogP contribution is -2.23. The second kappa shape index (κ2) is 7.46. The predicted molar refractivity (Wildman–Crippen MR) is 139 cm³/mol. The Kier molecular flexibility index (Phi) is 4.55. The minimum Gasteiger partial charge on any atom is -0.341 e. The fourth-order valence-corrected chi connectivity index (χ4v) is 5.72. The number of hydrogen-bond acceptors (Lipinski definition) is 0. The molecule has 0 radical (unpaired) electrons. The van der Waals surface area contributed by atoms with Crippen LogP contribution in [0.3, 0.4) is 0 Å². The molecule has 6 rings (SSSR count). The molecule has 32 heavy (non-hydrogen) atoms. The van der Waals surface area contributed by atoms with E-state index >= 15 is 0 Å². The Labute approximate surface area is 195 Å². The SMILES string of the molecule is CCn1c2ccccc2c2cc(/C(Br)=c3/ccc4c(c3)-c3ccccc3[N+]=4CC)ccc21. The van der Waals surface area contributed by atoms with Crippen molar-refractivity contribution in [2.45, 2.75) is 20.4 Å². The maximum atomic E-state index is 3.94. The van der Waals surface area contributed by atoms with Crippen LogP contribution in [0.25, 0.3) is 37.4 Å². The van der Waals surface area contributed by atoms with Gasteiger partial charge in [-0.05, 0) is 77.0 Å². The highest BCUT2D eigenvalue weighted by Crippen LogP contribution is 2.33. The van der Waals surface area contributed by atoms with Crippen molar-refractivity contribution in [1.82, 2.24) is 9.14 Å². The topological polar surface area (TPSA) is 7.94 Å². The Morgan fingerprint density at radius 1 is 0.781 bits per heavy atom. The highest BCUT2D eigenvalue weighted by atomic mass is 79.9. The zero-order valence-electron chi connectivity index (χ0n) is 18.3. The maximum Gasteiger partial charge on any atom is 0.213 e. The van der Waals surface area contributed by atoms with Crippen LogP contribution in [-0.2, 0) is 6.54 Å². The third-order valence-electron chi connectivity index (χ3n) is 6.68. The molecular formula is C29H24BrN2+. The van der Waals surface area contributed by atoms with E-state index in [2.05, 4.69) is 124 Å². The normalized spacial score (nSPS) is 13.5. The zero-order valence-corrected chi connectivity index (χ0v) is 19.9. The summed E-state index contributed by atoms with van der Waals surface area (Å²) in [5.74, 6) is 0. The third kappa shape index (κ3) is 2.74. The largest absolute Gasteiger partial charge is 0.341 e. The summed E-state index contributed by atoms with van der Waals surface area (Å²) in [4.78, 5) is 0. The van der Waals surface area contributed by atoms with Crippen molar-refractivity contribution in [3.05, 3.63) is 101 Å². The number of rotatable bonds is 3. The molecule has 1 aliphatic heterocycles. The molecule has 0 spiro atoms. The molecule has 0 saturated heterocycles. The second-order valence-electron chi connectivity index (χ2n) is 8.30. The summed E-state index contributed by atoms with van der Waals surface area (Å²) in [5.41, 5.74) is 7.71. The molecular weight excluding hydrogens is 456 g/mol. The first-order valence-corrected chi connectivity index (χ1v) is 12.1. The monoisotopic (exact) mass is 479 g/mol. The molecule has 0 N–H and O–H groups in total. The van der Waals surface area contributed by atoms with Crippen molar-refractivity contribution in [2.24, 2.45) is 0 Å². The molecule has 1 aliphatic rings. The van der Waals surface area contributed by atoms with Crippen LogP contribution in [0.2, 0.25) is 0 Å². The van der Waals surface area contributed by atoms with Gasteiger partial charge in [-0.2, -0.15) is 4.58 Å². The quantitative estimate of drug-likeness (QED) is 0.272. The van der Waals surface area contributed by atoms with Gasteiger partial charge in [0.1, 0.15) is 6.54 Å². The van der Waals surface area contributed by atoms with Crippen molar-refractivity contribution in [3.8, 4) is 11.1 Å². The van der Waals surface area contributed by atoms with E-state index < -0.39 is 0 Å². The van der Waals surface area contributed by atoms with Gasteiger partial charge in [0.15, 0.2) is 0 Å². The van der Waals surface area contributed by atoms with Crippen LogP contribution in [-0.4, -0.2) is 11.1 Å². The molecule has 2 heterocycles. The smallest absolute Gasteiger partial charge is 0.213 e. The van der Waals surface area contributed by atoms with E-state index in [1.807, 2.05) is 0 Å². The zero-order chi connectivity index (χ0) is 21.8. The number of aryl methyl sites for hydroxylation is 1. The first-order chi connectivity index (χ1) is 15.7. The minimum atomic E-state index is 0.965. The lowest BCUT2D eigenvalue weighted by molar-refractivity contribution is 0.788. The van der Waals surface area contributed by atoms with Gasteiger partial charge in [0.2, 0.25) is 11.0 Å². The summed E-state index contributed by atoms with van der Waals surface area (Å²) in [6.45, 7) is 6.35. The maximum absolute atomic E-state index is 3.94. The summed E-state index contributed by atoms with van der Waals surface area (Å²) in [6.07, 6.45) is 0. The Morgan fingerprint density at radius 2 is 1.56 bits per heavy atom. The Hall–Kier alpha value is -3.17. The number of nitrogens with zero attached hydrogens (tertiary/aromatic N) is 2. The van der Waals surface area contributed by atoms with Crippen LogP contribution in [0.4, 0.5) is 5.69 Å². The van der Waals surface area contributed by atoms with Gasteiger partial charge in [-0.25, -0.2) is 0 Å². The predicted octanol–water partition coefficient (Wildman–Crippen LogP) is 6.19. The molecule has 1 aromatic heterocycles. The van der Waals surface area contributed by atoms with Crippen LogP contribution in [0.15, 0.2) is 84.9 Å². The summed E-state index contributed by atoms with van der Waals surface area (Å²) >= 11 is 3.94. The van der Waals surface area contributed by atoms with Crippen molar-refractivity contribution < 1.29 is 0 Å². The molecule has 0 aliphatic carbocycles. The average Bonchev–Trinajstić information content (AvgIpc) is 3.34. The van der Waals surface area contributed by atoms with Gasteiger partial charge in [-0.3, -0.25) is 0 Å². The van der Waals surface area contributed by atoms with Crippen LogP contribution in [0, 0.1) is 0 Å². The highest BCUT2D eigenvalue weighted by Gasteiger charge is 2.25. The van der Waals surface area contributed by atoms with E-state index in [9.17, 15) is 0 Å². The molecule has 2 nitrogen and oxygen atoms in total. The Morgan fingerprint density at radius 3 is 2.41 bits per heavy atom. The lowest BCUT2D eigenvalue weighted by atomic mass is 10.0. The molecule has 0 unspecified atom stereocenters. The number of aromatic nitrogens is 1. The molecule has 4 aromatic carbocycles. The highest BCUT2D eigenvalue weighted by molar-refractivity contribution is 9.15. The number of fused-ring (bicyclic) bond motifs is 6. The van der Waals surface area contributed by atoms with Gasteiger partial charge in [-0.1, -0.05) is 36.4 Å².